The van der Waals surface area contributed by atoms with Crippen LogP contribution in [0.1, 0.15) is 32.3 Å². The lowest BCUT2D eigenvalue weighted by Gasteiger charge is -2.28. The molecule has 0 atom stereocenters. The van der Waals surface area contributed by atoms with E-state index in [-0.39, 0.29) is 18.3 Å². The molecule has 0 saturated heterocycles. The van der Waals surface area contributed by atoms with Gasteiger partial charge in [0.25, 0.3) is 0 Å². The summed E-state index contributed by atoms with van der Waals surface area (Å²) in [7, 11) is 0. The zero-order chi connectivity index (χ0) is 15.3. The number of halogens is 1. The summed E-state index contributed by atoms with van der Waals surface area (Å²) in [6, 6.07) is 5.73. The van der Waals surface area contributed by atoms with Gasteiger partial charge in [0.2, 0.25) is 5.91 Å². The molecular formula is C16H25ClN2O3. The maximum Gasteiger partial charge on any atom is 0.227 e. The summed E-state index contributed by atoms with van der Waals surface area (Å²) in [5, 5.41) is 2.98. The highest BCUT2D eigenvalue weighted by molar-refractivity contribution is 5.85. The Morgan fingerprint density at radius 3 is 2.45 bits per heavy atom. The molecule has 0 fully saturated rings. The molecule has 1 aromatic carbocycles. The third-order valence-electron chi connectivity index (χ3n) is 4.29. The summed E-state index contributed by atoms with van der Waals surface area (Å²) in [6.07, 6.45) is 1.49. The number of nitrogens with one attached hydrogen (secondary N) is 1. The number of carbonyl (C=O) groups is 1. The van der Waals surface area contributed by atoms with E-state index in [0.29, 0.717) is 26.3 Å². The van der Waals surface area contributed by atoms with Crippen LogP contribution in [0.25, 0.3) is 0 Å². The molecule has 0 unspecified atom stereocenters. The van der Waals surface area contributed by atoms with Crippen LogP contribution in [-0.2, 0) is 11.3 Å². The quantitative estimate of drug-likeness (QED) is 0.840. The van der Waals surface area contributed by atoms with Crippen LogP contribution in [0.3, 0.4) is 0 Å². The van der Waals surface area contributed by atoms with Crippen LogP contribution < -0.4 is 20.5 Å². The molecule has 22 heavy (non-hydrogen) atoms. The third-order valence-corrected chi connectivity index (χ3v) is 4.29. The minimum absolute atomic E-state index is 0. The van der Waals surface area contributed by atoms with Gasteiger partial charge in [0.1, 0.15) is 13.2 Å². The van der Waals surface area contributed by atoms with Crippen molar-refractivity contribution in [1.29, 1.82) is 0 Å². The van der Waals surface area contributed by atoms with Crippen LogP contribution in [0.15, 0.2) is 18.2 Å². The molecule has 0 spiro atoms. The second kappa shape index (κ2) is 8.25. The fourth-order valence-electron chi connectivity index (χ4n) is 2.52. The Bertz CT molecular complexity index is 496. The second-order valence-electron chi connectivity index (χ2n) is 5.35. The Morgan fingerprint density at radius 2 is 1.86 bits per heavy atom. The Kier molecular flexibility index (Phi) is 6.97. The predicted molar refractivity (Wildman–Crippen MR) is 88.6 cm³/mol. The highest BCUT2D eigenvalue weighted by atomic mass is 35.5. The van der Waals surface area contributed by atoms with Crippen molar-refractivity contribution in [3.8, 4) is 11.5 Å². The zero-order valence-corrected chi connectivity index (χ0v) is 14.0. The van der Waals surface area contributed by atoms with E-state index in [1.807, 2.05) is 32.0 Å². The molecule has 6 heteroatoms. The Labute approximate surface area is 138 Å². The molecule has 0 radical (unpaired) electrons. The monoisotopic (exact) mass is 328 g/mol. The molecule has 3 N–H and O–H groups in total. The average molecular weight is 329 g/mol. The van der Waals surface area contributed by atoms with Crippen LogP contribution in [0, 0.1) is 5.41 Å². The number of fused-ring (bicyclic) bond motifs is 1. The molecule has 0 bridgehead atoms. The standard InChI is InChI=1S/C16H24N2O3.ClH/c1-3-16(4-2,11-17)15(19)18-10-12-5-6-13-14(9-12)21-8-7-20-13;/h5-6,9H,3-4,7-8,10-11,17H2,1-2H3,(H,18,19);1H. The lowest BCUT2D eigenvalue weighted by Crippen LogP contribution is -2.45. The van der Waals surface area contributed by atoms with Crippen LogP contribution in [0.5, 0.6) is 11.5 Å². The Hall–Kier alpha value is -1.46. The van der Waals surface area contributed by atoms with E-state index >= 15 is 0 Å². The molecule has 5 nitrogen and oxygen atoms in total. The highest BCUT2D eigenvalue weighted by Gasteiger charge is 2.32. The van der Waals surface area contributed by atoms with E-state index < -0.39 is 5.41 Å². The Morgan fingerprint density at radius 1 is 1.23 bits per heavy atom. The van der Waals surface area contributed by atoms with Gasteiger partial charge in [0.15, 0.2) is 11.5 Å². The number of carbonyl (C=O) groups excluding carboxylic acids is 1. The summed E-state index contributed by atoms with van der Waals surface area (Å²) in [6.45, 7) is 5.98. The summed E-state index contributed by atoms with van der Waals surface area (Å²) >= 11 is 0. The van der Waals surface area contributed by atoms with Crippen LogP contribution >= 0.6 is 12.4 Å². The van der Waals surface area contributed by atoms with Crippen LogP contribution in [-0.4, -0.2) is 25.7 Å². The fourth-order valence-corrected chi connectivity index (χ4v) is 2.52. The number of rotatable bonds is 6. The van der Waals surface area contributed by atoms with E-state index in [0.717, 1.165) is 29.9 Å². The van der Waals surface area contributed by atoms with Gasteiger partial charge in [-0.15, -0.1) is 12.4 Å². The minimum Gasteiger partial charge on any atom is -0.486 e. The first-order chi connectivity index (χ1) is 10.1. The topological polar surface area (TPSA) is 73.6 Å². The highest BCUT2D eigenvalue weighted by Crippen LogP contribution is 2.31. The van der Waals surface area contributed by atoms with Crippen molar-refractivity contribution in [1.82, 2.24) is 5.32 Å². The lowest BCUT2D eigenvalue weighted by molar-refractivity contribution is -0.131. The van der Waals surface area contributed by atoms with Gasteiger partial charge in [-0.3, -0.25) is 4.79 Å². The molecule has 1 aromatic rings. The van der Waals surface area contributed by atoms with E-state index in [9.17, 15) is 4.79 Å². The van der Waals surface area contributed by atoms with E-state index in [1.165, 1.54) is 0 Å². The van der Waals surface area contributed by atoms with Gasteiger partial charge in [-0.05, 0) is 30.5 Å². The van der Waals surface area contributed by atoms with Crippen LogP contribution in [0.2, 0.25) is 0 Å². The summed E-state index contributed by atoms with van der Waals surface area (Å²) in [5.41, 5.74) is 6.32. The molecule has 2 rings (SSSR count). The molecule has 0 aliphatic carbocycles. The van der Waals surface area contributed by atoms with Gasteiger partial charge in [-0.2, -0.15) is 0 Å². The number of hydrogen-bond donors (Lipinski definition) is 2. The van der Waals surface area contributed by atoms with E-state index in [4.69, 9.17) is 15.2 Å². The van der Waals surface area contributed by atoms with Gasteiger partial charge in [-0.25, -0.2) is 0 Å². The minimum atomic E-state index is -0.464. The first-order valence-corrected chi connectivity index (χ1v) is 7.52. The molecular weight excluding hydrogens is 304 g/mol. The van der Waals surface area contributed by atoms with Gasteiger partial charge in [0, 0.05) is 13.1 Å². The van der Waals surface area contributed by atoms with Gasteiger partial charge >= 0.3 is 0 Å². The predicted octanol–water partition coefficient (Wildman–Crippen LogP) is 2.26. The summed E-state index contributed by atoms with van der Waals surface area (Å²) < 4.78 is 11.0. The zero-order valence-electron chi connectivity index (χ0n) is 13.2. The third kappa shape index (κ3) is 3.84. The molecule has 124 valence electrons. The number of benzene rings is 1. The van der Waals surface area contributed by atoms with Crippen molar-refractivity contribution in [3.05, 3.63) is 23.8 Å². The van der Waals surface area contributed by atoms with Crippen molar-refractivity contribution in [3.63, 3.8) is 0 Å². The first-order valence-electron chi connectivity index (χ1n) is 7.52. The van der Waals surface area contributed by atoms with Gasteiger partial charge in [-0.1, -0.05) is 19.9 Å². The normalized spacial score (nSPS) is 13.2. The maximum atomic E-state index is 12.4. The van der Waals surface area contributed by atoms with Crippen molar-refractivity contribution in [2.24, 2.45) is 11.1 Å². The number of nitrogens with two attached hydrogens (primary N) is 1. The second-order valence-corrected chi connectivity index (χ2v) is 5.35. The van der Waals surface area contributed by atoms with Crippen molar-refractivity contribution < 1.29 is 14.3 Å². The van der Waals surface area contributed by atoms with Crippen LogP contribution in [0.4, 0.5) is 0 Å². The van der Waals surface area contributed by atoms with E-state index in [1.54, 1.807) is 0 Å². The molecule has 0 aromatic heterocycles. The molecule has 0 saturated carbocycles. The smallest absolute Gasteiger partial charge is 0.227 e. The first kappa shape index (κ1) is 18.6. The van der Waals surface area contributed by atoms with Crippen molar-refractivity contribution in [2.45, 2.75) is 33.2 Å². The molecule has 1 heterocycles. The molecule has 1 aliphatic heterocycles. The molecule has 1 aliphatic rings. The lowest BCUT2D eigenvalue weighted by atomic mass is 9.81. The number of hydrogen-bond acceptors (Lipinski definition) is 4. The van der Waals surface area contributed by atoms with Crippen molar-refractivity contribution in [2.75, 3.05) is 19.8 Å². The van der Waals surface area contributed by atoms with Gasteiger partial charge < -0.3 is 20.5 Å². The Balaban J connectivity index is 0.00000242. The average Bonchev–Trinajstić information content (AvgIpc) is 2.55. The largest absolute Gasteiger partial charge is 0.486 e. The van der Waals surface area contributed by atoms with E-state index in [2.05, 4.69) is 5.32 Å². The number of amides is 1. The SMILES string of the molecule is CCC(CC)(CN)C(=O)NCc1ccc2c(c1)OCCO2.Cl. The maximum absolute atomic E-state index is 12.4. The molecule has 1 amide bonds. The van der Waals surface area contributed by atoms with Crippen molar-refractivity contribution >= 4 is 18.3 Å². The summed E-state index contributed by atoms with van der Waals surface area (Å²) in [4.78, 5) is 12.4. The summed E-state index contributed by atoms with van der Waals surface area (Å²) in [5.74, 6) is 1.52. The number of ether oxygens (including phenoxy) is 2. The fraction of sp³-hybridized carbons (Fsp3) is 0.562. The van der Waals surface area contributed by atoms with Gasteiger partial charge in [0.05, 0.1) is 5.41 Å².